The summed E-state index contributed by atoms with van der Waals surface area (Å²) < 4.78 is 11.6. The molecule has 1 amide bonds. The molecule has 2 aliphatic rings. The maximum absolute atomic E-state index is 13.1. The fourth-order valence-corrected chi connectivity index (χ4v) is 4.23. The predicted molar refractivity (Wildman–Crippen MR) is 128 cm³/mol. The summed E-state index contributed by atoms with van der Waals surface area (Å²) in [6, 6.07) is 7.37. The lowest BCUT2D eigenvalue weighted by molar-refractivity contribution is 0.0889. The second-order valence-electron chi connectivity index (χ2n) is 8.63. The van der Waals surface area contributed by atoms with Gasteiger partial charge in [0.15, 0.2) is 0 Å². The molecule has 1 aliphatic carbocycles. The number of β-amino-alcohol motifs (C(OH)–C–C–N with tert-alkyl or cyclic N) is 1. The van der Waals surface area contributed by atoms with Crippen LogP contribution in [0.2, 0.25) is 0 Å². The molecule has 3 aromatic rings. The molecule has 0 unspecified atom stereocenters. The van der Waals surface area contributed by atoms with E-state index in [2.05, 4.69) is 20.6 Å². The lowest BCUT2D eigenvalue weighted by atomic mass is 10.0. The summed E-state index contributed by atoms with van der Waals surface area (Å²) in [5.41, 5.74) is 4.36. The Bertz CT molecular complexity index is 1160. The van der Waals surface area contributed by atoms with Crippen molar-refractivity contribution in [2.24, 2.45) is 5.92 Å². The van der Waals surface area contributed by atoms with Crippen LogP contribution in [0.3, 0.4) is 0 Å². The highest BCUT2D eigenvalue weighted by Gasteiger charge is 2.29. The van der Waals surface area contributed by atoms with Crippen LogP contribution in [-0.2, 0) is 0 Å². The van der Waals surface area contributed by atoms with Gasteiger partial charge in [0, 0.05) is 36.1 Å². The van der Waals surface area contributed by atoms with Gasteiger partial charge in [0.1, 0.15) is 17.0 Å². The number of benzene rings is 1. The molecule has 1 aliphatic heterocycles. The first kappa shape index (κ1) is 23.4. The number of hydrogen-bond donors (Lipinski definition) is 4. The zero-order valence-corrected chi connectivity index (χ0v) is 19.5. The average molecular weight is 473 g/mol. The van der Waals surface area contributed by atoms with E-state index in [1.165, 1.54) is 12.8 Å². The number of aliphatic hydroxyl groups is 1. The van der Waals surface area contributed by atoms with Gasteiger partial charge in [-0.2, -0.15) is 0 Å². The van der Waals surface area contributed by atoms with Crippen molar-refractivity contribution < 1.29 is 19.4 Å². The fourth-order valence-electron chi connectivity index (χ4n) is 4.23. The number of aromatic nitrogens is 2. The number of nitrogens with one attached hydrogen (secondary N) is 3. The molecule has 2 atom stereocenters. The minimum atomic E-state index is -0.601. The molecule has 1 saturated heterocycles. The maximum atomic E-state index is 13.1. The number of aryl methyl sites for hydroxylation is 1. The minimum absolute atomic E-state index is 0. The summed E-state index contributed by atoms with van der Waals surface area (Å²) in [7, 11) is 1.64. The van der Waals surface area contributed by atoms with Crippen LogP contribution >= 0.6 is 12.4 Å². The van der Waals surface area contributed by atoms with Gasteiger partial charge in [-0.25, -0.2) is 0 Å². The van der Waals surface area contributed by atoms with Gasteiger partial charge in [-0.15, -0.1) is 12.4 Å². The summed E-state index contributed by atoms with van der Waals surface area (Å²) >= 11 is 0. The number of carbonyl (C=O) groups excluding carboxylic acids is 1. The molecule has 33 heavy (non-hydrogen) atoms. The lowest BCUT2D eigenvalue weighted by Crippen LogP contribution is -2.42. The number of carbonyl (C=O) groups is 1. The van der Waals surface area contributed by atoms with Crippen LogP contribution in [0.1, 0.15) is 28.9 Å². The second-order valence-corrected chi connectivity index (χ2v) is 8.63. The van der Waals surface area contributed by atoms with Crippen molar-refractivity contribution in [2.45, 2.75) is 31.9 Å². The van der Waals surface area contributed by atoms with Crippen LogP contribution in [0.15, 0.2) is 30.5 Å². The smallest absolute Gasteiger partial charge is 0.255 e. The Morgan fingerprint density at radius 3 is 2.76 bits per heavy atom. The van der Waals surface area contributed by atoms with Crippen molar-refractivity contribution in [3.63, 3.8) is 0 Å². The molecule has 2 fully saturated rings. The zero-order chi connectivity index (χ0) is 22.2. The third kappa shape index (κ3) is 4.64. The SMILES string of the molecule is COc1ccc(OCC2CC2)c(-c2ccnc3c(C(=O)N[C@@H]4CNC[C@H]4O)c(C)[nH]c23)c1.Cl. The molecule has 2 aromatic heterocycles. The quantitative estimate of drug-likeness (QED) is 0.421. The maximum Gasteiger partial charge on any atom is 0.255 e. The molecule has 176 valence electrons. The monoisotopic (exact) mass is 472 g/mol. The van der Waals surface area contributed by atoms with Crippen LogP contribution in [0.4, 0.5) is 0 Å². The largest absolute Gasteiger partial charge is 0.497 e. The number of hydrogen-bond acceptors (Lipinski definition) is 6. The van der Waals surface area contributed by atoms with E-state index in [4.69, 9.17) is 9.47 Å². The first-order chi connectivity index (χ1) is 15.5. The van der Waals surface area contributed by atoms with Gasteiger partial charge in [-0.05, 0) is 49.9 Å². The summed E-state index contributed by atoms with van der Waals surface area (Å²) in [5, 5.41) is 16.1. The van der Waals surface area contributed by atoms with Crippen molar-refractivity contribution in [1.82, 2.24) is 20.6 Å². The molecule has 9 heteroatoms. The number of pyridine rings is 1. The van der Waals surface area contributed by atoms with Gasteiger partial charge >= 0.3 is 0 Å². The van der Waals surface area contributed by atoms with E-state index in [0.717, 1.165) is 33.8 Å². The Labute approximate surface area is 198 Å². The van der Waals surface area contributed by atoms with Crippen LogP contribution in [-0.4, -0.2) is 59.9 Å². The molecule has 5 rings (SSSR count). The summed E-state index contributed by atoms with van der Waals surface area (Å²) in [5.74, 6) is 1.89. The molecule has 0 radical (unpaired) electrons. The number of ether oxygens (including phenoxy) is 2. The van der Waals surface area contributed by atoms with E-state index < -0.39 is 6.10 Å². The molecular formula is C24H29ClN4O4. The number of nitrogens with zero attached hydrogens (tertiary/aromatic N) is 1. The topological polar surface area (TPSA) is 108 Å². The molecule has 0 spiro atoms. The van der Waals surface area contributed by atoms with Crippen molar-refractivity contribution in [3.05, 3.63) is 41.7 Å². The Kier molecular flexibility index (Phi) is 6.78. The standard InChI is InChI=1S/C24H28N4O4.ClH/c1-13-21(24(30)28-18-10-25-11-19(18)29)23-22(27-13)16(7-8-26-23)17-9-15(31-2)5-6-20(17)32-12-14-3-4-14;/h5-9,14,18-19,25,27,29H,3-4,10-12H2,1-2H3,(H,28,30);1H/t18-,19-;/m1./s1. The van der Waals surface area contributed by atoms with Crippen molar-refractivity contribution in [1.29, 1.82) is 0 Å². The number of methoxy groups -OCH3 is 1. The fraction of sp³-hybridized carbons (Fsp3) is 0.417. The Morgan fingerprint density at radius 1 is 1.24 bits per heavy atom. The molecule has 0 bridgehead atoms. The van der Waals surface area contributed by atoms with Crippen LogP contribution in [0.5, 0.6) is 11.5 Å². The molecule has 3 heterocycles. The van der Waals surface area contributed by atoms with Crippen LogP contribution in [0.25, 0.3) is 22.2 Å². The molecular weight excluding hydrogens is 444 g/mol. The third-order valence-corrected chi connectivity index (χ3v) is 6.25. The van der Waals surface area contributed by atoms with Crippen molar-refractivity contribution >= 4 is 29.3 Å². The first-order valence-corrected chi connectivity index (χ1v) is 11.0. The first-order valence-electron chi connectivity index (χ1n) is 11.0. The number of halogens is 1. The second kappa shape index (κ2) is 9.59. The summed E-state index contributed by atoms with van der Waals surface area (Å²) in [4.78, 5) is 21.0. The van der Waals surface area contributed by atoms with E-state index in [0.29, 0.717) is 36.7 Å². The number of H-pyrrole nitrogens is 1. The number of rotatable bonds is 7. The molecule has 1 saturated carbocycles. The summed E-state index contributed by atoms with van der Waals surface area (Å²) in [6.45, 7) is 3.57. The predicted octanol–water partition coefficient (Wildman–Crippen LogP) is 2.82. The van der Waals surface area contributed by atoms with Gasteiger partial charge in [0.25, 0.3) is 5.91 Å². The van der Waals surface area contributed by atoms with E-state index in [-0.39, 0.29) is 24.4 Å². The average Bonchev–Trinajstić information content (AvgIpc) is 3.44. The van der Waals surface area contributed by atoms with Crippen molar-refractivity contribution in [2.75, 3.05) is 26.8 Å². The minimum Gasteiger partial charge on any atom is -0.497 e. The normalized spacial score (nSPS) is 19.8. The van der Waals surface area contributed by atoms with E-state index in [1.54, 1.807) is 13.3 Å². The molecule has 1 aromatic carbocycles. The van der Waals surface area contributed by atoms with Gasteiger partial charge in [0.2, 0.25) is 0 Å². The van der Waals surface area contributed by atoms with Gasteiger partial charge in [0.05, 0.1) is 36.9 Å². The third-order valence-electron chi connectivity index (χ3n) is 6.25. The molecule has 4 N–H and O–H groups in total. The van der Waals surface area contributed by atoms with Gasteiger partial charge in [-0.3, -0.25) is 9.78 Å². The Hall–Kier alpha value is -2.81. The Balaban J connectivity index is 0.00000259. The highest BCUT2D eigenvalue weighted by Crippen LogP contribution is 2.39. The van der Waals surface area contributed by atoms with E-state index in [1.807, 2.05) is 31.2 Å². The van der Waals surface area contributed by atoms with E-state index >= 15 is 0 Å². The number of amides is 1. The lowest BCUT2D eigenvalue weighted by Gasteiger charge is -2.15. The highest BCUT2D eigenvalue weighted by molar-refractivity contribution is 6.09. The van der Waals surface area contributed by atoms with E-state index in [9.17, 15) is 9.90 Å². The van der Waals surface area contributed by atoms with Crippen molar-refractivity contribution in [3.8, 4) is 22.6 Å². The number of aliphatic hydroxyl groups excluding tert-OH is 1. The number of fused-ring (bicyclic) bond motifs is 1. The zero-order valence-electron chi connectivity index (χ0n) is 18.7. The van der Waals surface area contributed by atoms with Gasteiger partial charge in [-0.1, -0.05) is 0 Å². The molecule has 8 nitrogen and oxygen atoms in total. The van der Waals surface area contributed by atoms with Gasteiger partial charge < -0.3 is 30.2 Å². The highest BCUT2D eigenvalue weighted by atomic mass is 35.5. The van der Waals surface area contributed by atoms with Crippen LogP contribution in [0, 0.1) is 12.8 Å². The summed E-state index contributed by atoms with van der Waals surface area (Å²) in [6.07, 6.45) is 3.53. The van der Waals surface area contributed by atoms with Crippen LogP contribution < -0.4 is 20.1 Å². The Morgan fingerprint density at radius 2 is 2.06 bits per heavy atom. The number of aromatic amines is 1.